The molecule has 3 rings (SSSR count). The van der Waals surface area contributed by atoms with Crippen molar-refractivity contribution in [2.24, 2.45) is 0 Å². The molecular weight excluding hydrogens is 350 g/mol. The lowest BCUT2D eigenvalue weighted by Crippen LogP contribution is -2.05. The number of ketones is 1. The number of furan rings is 1. The van der Waals surface area contributed by atoms with Crippen LogP contribution in [0.15, 0.2) is 52.5 Å². The Morgan fingerprint density at radius 1 is 1.42 bits per heavy atom. The molecule has 0 saturated heterocycles. The Morgan fingerprint density at radius 3 is 3.00 bits per heavy atom. The van der Waals surface area contributed by atoms with E-state index in [4.69, 9.17) is 20.8 Å². The predicted octanol–water partition coefficient (Wildman–Crippen LogP) is 3.56. The first kappa shape index (κ1) is 16.6. The minimum absolute atomic E-state index is 0.0444. The number of hydrogen-bond acceptors (Lipinski definition) is 6. The van der Waals surface area contributed by atoms with Gasteiger partial charge in [-0.2, -0.15) is 0 Å². The Kier molecular flexibility index (Phi) is 5.22. The second-order valence-electron chi connectivity index (χ2n) is 4.88. The van der Waals surface area contributed by atoms with Gasteiger partial charge in [-0.3, -0.25) is 4.79 Å². The van der Waals surface area contributed by atoms with Crippen LogP contribution in [0.4, 0.5) is 0 Å². The van der Waals surface area contributed by atoms with Gasteiger partial charge < -0.3 is 13.7 Å². The van der Waals surface area contributed by atoms with Crippen molar-refractivity contribution in [3.63, 3.8) is 0 Å². The van der Waals surface area contributed by atoms with Gasteiger partial charge in [0.15, 0.2) is 10.9 Å². The summed E-state index contributed by atoms with van der Waals surface area (Å²) in [6.07, 6.45) is 3.23. The van der Waals surface area contributed by atoms with Gasteiger partial charge in [-0.05, 0) is 30.3 Å². The van der Waals surface area contributed by atoms with Crippen LogP contribution in [0.2, 0.25) is 5.02 Å². The van der Waals surface area contributed by atoms with E-state index < -0.39 is 0 Å². The summed E-state index contributed by atoms with van der Waals surface area (Å²) < 4.78 is 12.2. The number of methoxy groups -OCH3 is 1. The second-order valence-corrected chi connectivity index (χ2v) is 6.23. The van der Waals surface area contributed by atoms with Gasteiger partial charge in [0.1, 0.15) is 17.8 Å². The lowest BCUT2D eigenvalue weighted by Gasteiger charge is -2.06. The third-order valence-electron chi connectivity index (χ3n) is 3.29. The van der Waals surface area contributed by atoms with Crippen LogP contribution >= 0.6 is 23.4 Å². The fourth-order valence-corrected chi connectivity index (χ4v) is 3.16. The first-order chi connectivity index (χ1) is 11.7. The van der Waals surface area contributed by atoms with Crippen LogP contribution in [0.25, 0.3) is 0 Å². The quantitative estimate of drug-likeness (QED) is 0.472. The van der Waals surface area contributed by atoms with Crippen molar-refractivity contribution < 1.29 is 13.9 Å². The molecule has 0 spiro atoms. The zero-order chi connectivity index (χ0) is 16.9. The zero-order valence-electron chi connectivity index (χ0n) is 12.8. The van der Waals surface area contributed by atoms with Gasteiger partial charge in [0.05, 0.1) is 30.7 Å². The highest BCUT2D eigenvalue weighted by Crippen LogP contribution is 2.26. The molecule has 2 heterocycles. The van der Waals surface area contributed by atoms with E-state index in [0.717, 1.165) is 5.76 Å². The van der Waals surface area contributed by atoms with Gasteiger partial charge in [0.2, 0.25) is 0 Å². The molecule has 1 aromatic carbocycles. The number of halogens is 1. The van der Waals surface area contributed by atoms with Crippen LogP contribution in [0.1, 0.15) is 16.1 Å². The fourth-order valence-electron chi connectivity index (χ4n) is 2.09. The van der Waals surface area contributed by atoms with E-state index in [0.29, 0.717) is 28.0 Å². The zero-order valence-corrected chi connectivity index (χ0v) is 14.4. The van der Waals surface area contributed by atoms with E-state index in [1.54, 1.807) is 30.8 Å². The molecule has 0 radical (unpaired) electrons. The molecule has 0 aliphatic heterocycles. The molecule has 0 N–H and O–H groups in total. The average Bonchev–Trinajstić information content (AvgIpc) is 3.25. The van der Waals surface area contributed by atoms with Crippen LogP contribution in [-0.2, 0) is 6.54 Å². The van der Waals surface area contributed by atoms with Crippen molar-refractivity contribution in [3.8, 4) is 5.75 Å². The summed E-state index contributed by atoms with van der Waals surface area (Å²) in [5.41, 5.74) is 0.533. The fraction of sp³-hybridized carbons (Fsp3) is 0.188. The predicted molar refractivity (Wildman–Crippen MR) is 90.9 cm³/mol. The Labute approximate surface area is 147 Å². The van der Waals surface area contributed by atoms with E-state index in [9.17, 15) is 4.79 Å². The standard InChI is InChI=1S/C16H14ClN3O3S/c1-22-15-5-4-11(7-13(15)17)14(21)9-24-16-19-18-10-20(16)8-12-3-2-6-23-12/h2-7,10H,8-9H2,1H3. The van der Waals surface area contributed by atoms with Crippen molar-refractivity contribution >= 4 is 29.1 Å². The van der Waals surface area contributed by atoms with Crippen molar-refractivity contribution in [2.45, 2.75) is 11.7 Å². The summed E-state index contributed by atoms with van der Waals surface area (Å²) in [7, 11) is 1.53. The van der Waals surface area contributed by atoms with Crippen molar-refractivity contribution in [1.82, 2.24) is 14.8 Å². The molecule has 0 fully saturated rings. The maximum absolute atomic E-state index is 12.3. The molecule has 0 aliphatic carbocycles. The number of carbonyl (C=O) groups excluding carboxylic acids is 1. The SMILES string of the molecule is COc1ccc(C(=O)CSc2nncn2Cc2ccco2)cc1Cl. The molecule has 124 valence electrons. The Morgan fingerprint density at radius 2 is 2.29 bits per heavy atom. The lowest BCUT2D eigenvalue weighted by atomic mass is 10.1. The van der Waals surface area contributed by atoms with Crippen LogP contribution in [0.5, 0.6) is 5.75 Å². The summed E-state index contributed by atoms with van der Waals surface area (Å²) in [6, 6.07) is 8.68. The van der Waals surface area contributed by atoms with Gasteiger partial charge in [-0.15, -0.1) is 10.2 Å². The Balaban J connectivity index is 1.64. The molecule has 24 heavy (non-hydrogen) atoms. The number of rotatable bonds is 7. The molecule has 3 aromatic rings. The molecule has 0 atom stereocenters. The van der Waals surface area contributed by atoms with Crippen LogP contribution in [0.3, 0.4) is 0 Å². The number of thioether (sulfide) groups is 1. The lowest BCUT2D eigenvalue weighted by molar-refractivity contribution is 0.102. The van der Waals surface area contributed by atoms with E-state index in [1.165, 1.54) is 18.9 Å². The first-order valence-corrected chi connectivity index (χ1v) is 8.43. The number of carbonyl (C=O) groups is 1. The summed E-state index contributed by atoms with van der Waals surface area (Å²) in [5, 5.41) is 9.00. The first-order valence-electron chi connectivity index (χ1n) is 7.07. The minimum atomic E-state index is -0.0444. The third-order valence-corrected chi connectivity index (χ3v) is 4.57. The number of hydrogen-bond donors (Lipinski definition) is 0. The van der Waals surface area contributed by atoms with E-state index >= 15 is 0 Å². The van der Waals surface area contributed by atoms with Gasteiger partial charge in [-0.25, -0.2) is 0 Å². The largest absolute Gasteiger partial charge is 0.495 e. The van der Waals surface area contributed by atoms with Gasteiger partial charge in [0.25, 0.3) is 0 Å². The highest BCUT2D eigenvalue weighted by atomic mass is 35.5. The topological polar surface area (TPSA) is 70.2 Å². The van der Waals surface area contributed by atoms with E-state index in [2.05, 4.69) is 10.2 Å². The van der Waals surface area contributed by atoms with Crippen LogP contribution in [0, 0.1) is 0 Å². The minimum Gasteiger partial charge on any atom is -0.495 e. The Bertz CT molecular complexity index is 833. The molecule has 0 saturated carbocycles. The molecule has 0 bridgehead atoms. The second kappa shape index (κ2) is 7.55. The van der Waals surface area contributed by atoms with Crippen molar-refractivity contribution in [1.29, 1.82) is 0 Å². The number of ether oxygens (including phenoxy) is 1. The summed E-state index contributed by atoms with van der Waals surface area (Å²) in [4.78, 5) is 12.3. The molecule has 0 aliphatic rings. The van der Waals surface area contributed by atoms with Gasteiger partial charge in [-0.1, -0.05) is 23.4 Å². The Hall–Kier alpha value is -2.25. The maximum Gasteiger partial charge on any atom is 0.191 e. The number of Topliss-reactive ketones (excluding diaryl/α,β-unsaturated/α-hetero) is 1. The molecular formula is C16H14ClN3O3S. The van der Waals surface area contributed by atoms with Gasteiger partial charge >= 0.3 is 0 Å². The number of aromatic nitrogens is 3. The molecule has 0 unspecified atom stereocenters. The average molecular weight is 364 g/mol. The summed E-state index contributed by atoms with van der Waals surface area (Å²) >= 11 is 7.38. The third kappa shape index (κ3) is 3.80. The molecule has 2 aromatic heterocycles. The van der Waals surface area contributed by atoms with Crippen LogP contribution < -0.4 is 4.74 Å². The normalized spacial score (nSPS) is 10.8. The van der Waals surface area contributed by atoms with Gasteiger partial charge in [0, 0.05) is 5.56 Å². The highest BCUT2D eigenvalue weighted by molar-refractivity contribution is 7.99. The summed E-state index contributed by atoms with van der Waals surface area (Å²) in [5.74, 6) is 1.53. The molecule has 0 amide bonds. The highest BCUT2D eigenvalue weighted by Gasteiger charge is 2.13. The summed E-state index contributed by atoms with van der Waals surface area (Å²) in [6.45, 7) is 0.519. The van der Waals surface area contributed by atoms with Crippen molar-refractivity contribution in [2.75, 3.05) is 12.9 Å². The molecule has 6 nitrogen and oxygen atoms in total. The van der Waals surface area contributed by atoms with E-state index in [1.807, 2.05) is 16.7 Å². The molecule has 8 heteroatoms. The smallest absolute Gasteiger partial charge is 0.191 e. The van der Waals surface area contributed by atoms with E-state index in [-0.39, 0.29) is 11.5 Å². The monoisotopic (exact) mass is 363 g/mol. The number of nitrogens with zero attached hydrogens (tertiary/aromatic N) is 3. The number of benzene rings is 1. The van der Waals surface area contributed by atoms with Crippen molar-refractivity contribution in [3.05, 3.63) is 59.3 Å². The van der Waals surface area contributed by atoms with Crippen LogP contribution in [-0.4, -0.2) is 33.4 Å². The maximum atomic E-state index is 12.3.